The molecule has 1 atom stereocenters. The van der Waals surface area contributed by atoms with Gasteiger partial charge in [-0.15, -0.1) is 10.2 Å². The summed E-state index contributed by atoms with van der Waals surface area (Å²) in [6.45, 7) is 3.89. The number of aromatic nitrogens is 1. The summed E-state index contributed by atoms with van der Waals surface area (Å²) in [4.78, 5) is 0. The monoisotopic (exact) mass is 310 g/mol. The van der Waals surface area contributed by atoms with E-state index in [9.17, 15) is 5.11 Å². The summed E-state index contributed by atoms with van der Waals surface area (Å²) in [6, 6.07) is 3.51. The predicted octanol–water partition coefficient (Wildman–Crippen LogP) is -2.62. The Morgan fingerprint density at radius 3 is 2.42 bits per heavy atom. The van der Waals surface area contributed by atoms with Crippen molar-refractivity contribution in [2.24, 2.45) is 0 Å². The van der Waals surface area contributed by atoms with Crippen molar-refractivity contribution in [3.63, 3.8) is 0 Å². The van der Waals surface area contributed by atoms with Crippen LogP contribution >= 0.6 is 11.6 Å². The highest BCUT2D eigenvalue weighted by molar-refractivity contribution is 6.30. The second kappa shape index (κ2) is 5.91. The minimum Gasteiger partial charge on any atom is -0.501 e. The number of hydrogen-bond acceptors (Lipinski definition) is 6. The predicted molar refractivity (Wildman–Crippen MR) is 55.2 cm³/mol. The van der Waals surface area contributed by atoms with Crippen LogP contribution < -0.4 is 28.5 Å². The number of halogens is 2. The van der Waals surface area contributed by atoms with E-state index in [1.807, 2.05) is 24.6 Å². The smallest absolute Gasteiger partial charge is 0.322 e. The molecule has 0 aliphatic carbocycles. The van der Waals surface area contributed by atoms with Crippen molar-refractivity contribution < 1.29 is 38.6 Å². The molecule has 0 bridgehead atoms. The first kappa shape index (κ1) is 16.0. The van der Waals surface area contributed by atoms with Crippen molar-refractivity contribution in [1.29, 1.82) is 0 Å². The molecule has 0 spiro atoms. The zero-order valence-electron chi connectivity index (χ0n) is 10.1. The number of fused-ring (bicyclic) bond motifs is 1. The van der Waals surface area contributed by atoms with Crippen LogP contribution in [0.4, 0.5) is 5.82 Å². The standard InChI is InChI=1S/C10H11ClN2O.ClHO4/c1-6-9(11)7(2)13-5-3-4-8(14)10(13)12-6;2-1(3,4)5/h3-5,7,14H,1-2H3;(H,2,3,4,5). The molecule has 2 rings (SSSR count). The summed E-state index contributed by atoms with van der Waals surface area (Å²) >= 11 is 6.11. The van der Waals surface area contributed by atoms with E-state index in [0.29, 0.717) is 5.82 Å². The lowest BCUT2D eigenvalue weighted by Gasteiger charge is -2.20. The third kappa shape index (κ3) is 4.50. The van der Waals surface area contributed by atoms with Gasteiger partial charge in [-0.3, -0.25) is 0 Å². The maximum absolute atomic E-state index is 9.63. The van der Waals surface area contributed by atoms with Gasteiger partial charge in [-0.05, 0) is 26.0 Å². The van der Waals surface area contributed by atoms with E-state index in [1.165, 1.54) is 0 Å². The average molecular weight is 311 g/mol. The molecule has 7 nitrogen and oxygen atoms in total. The van der Waals surface area contributed by atoms with Crippen LogP contribution in [0.1, 0.15) is 19.9 Å². The largest absolute Gasteiger partial charge is 0.501 e. The lowest BCUT2D eigenvalue weighted by Crippen LogP contribution is -2.68. The third-order valence-corrected chi connectivity index (χ3v) is 3.05. The van der Waals surface area contributed by atoms with Gasteiger partial charge in [-0.2, -0.15) is 0 Å². The summed E-state index contributed by atoms with van der Waals surface area (Å²) in [5.74, 6) is 0.935. The van der Waals surface area contributed by atoms with Gasteiger partial charge in [0, 0.05) is 0 Å². The Kier molecular flexibility index (Phi) is 4.97. The first-order valence-corrected chi connectivity index (χ1v) is 6.70. The van der Waals surface area contributed by atoms with Gasteiger partial charge in [0.05, 0.1) is 6.20 Å². The van der Waals surface area contributed by atoms with E-state index in [1.54, 1.807) is 12.1 Å². The van der Waals surface area contributed by atoms with Crippen molar-refractivity contribution in [3.05, 3.63) is 29.1 Å². The van der Waals surface area contributed by atoms with Crippen LogP contribution in [-0.2, 0) is 0 Å². The highest BCUT2D eigenvalue weighted by atomic mass is 35.7. The quantitative estimate of drug-likeness (QED) is 0.505. The Hall–Kier alpha value is -1.09. The molecule has 1 aliphatic heterocycles. The normalized spacial score (nSPS) is 18.2. The number of nitrogens with zero attached hydrogens (tertiary/aromatic N) is 1. The van der Waals surface area contributed by atoms with Crippen LogP contribution in [0.2, 0.25) is 0 Å². The molecule has 0 amide bonds. The highest BCUT2D eigenvalue weighted by Gasteiger charge is 2.29. The summed E-state index contributed by atoms with van der Waals surface area (Å²) < 4.78 is 35.9. The first-order chi connectivity index (χ1) is 8.61. The topological polar surface area (TPSA) is 128 Å². The van der Waals surface area contributed by atoms with Gasteiger partial charge < -0.3 is 5.11 Å². The van der Waals surface area contributed by atoms with Crippen molar-refractivity contribution in [2.75, 3.05) is 5.32 Å². The fraction of sp³-hybridized carbons (Fsp3) is 0.300. The van der Waals surface area contributed by atoms with E-state index < -0.39 is 10.2 Å². The van der Waals surface area contributed by atoms with Crippen LogP contribution in [0, 0.1) is 10.2 Å². The van der Waals surface area contributed by atoms with Crippen LogP contribution in [0.25, 0.3) is 0 Å². The van der Waals surface area contributed by atoms with Gasteiger partial charge >= 0.3 is 5.82 Å². The van der Waals surface area contributed by atoms with E-state index in [2.05, 4.69) is 5.32 Å². The van der Waals surface area contributed by atoms with E-state index in [4.69, 9.17) is 30.2 Å². The maximum Gasteiger partial charge on any atom is 0.322 e. The van der Waals surface area contributed by atoms with Crippen molar-refractivity contribution in [2.45, 2.75) is 19.9 Å². The Morgan fingerprint density at radius 1 is 1.37 bits per heavy atom. The van der Waals surface area contributed by atoms with Gasteiger partial charge in [-0.1, -0.05) is 11.6 Å². The number of nitrogens with one attached hydrogen (secondary N) is 1. The van der Waals surface area contributed by atoms with Crippen molar-refractivity contribution in [3.8, 4) is 5.75 Å². The Labute approximate surface area is 116 Å². The number of pyridine rings is 1. The zero-order valence-corrected chi connectivity index (χ0v) is 11.6. The second-order valence-corrected chi connectivity index (χ2v) is 4.96. The van der Waals surface area contributed by atoms with Gasteiger partial charge in [0.15, 0.2) is 0 Å². The molecule has 0 saturated heterocycles. The van der Waals surface area contributed by atoms with E-state index >= 15 is 0 Å². The minimum absolute atomic E-state index is 0.0695. The first-order valence-electron chi connectivity index (χ1n) is 5.09. The second-order valence-electron chi connectivity index (χ2n) is 3.80. The van der Waals surface area contributed by atoms with Gasteiger partial charge in [0.1, 0.15) is 16.8 Å². The Balaban J connectivity index is 0.000000312. The Morgan fingerprint density at radius 2 is 1.89 bits per heavy atom. The van der Waals surface area contributed by atoms with E-state index in [-0.39, 0.29) is 11.8 Å². The average Bonchev–Trinajstić information content (AvgIpc) is 2.26. The summed E-state index contributed by atoms with van der Waals surface area (Å²) in [6.07, 6.45) is 1.89. The highest BCUT2D eigenvalue weighted by Crippen LogP contribution is 2.30. The molecular formula is C10H12Cl2N2O5. The van der Waals surface area contributed by atoms with Crippen LogP contribution in [0.15, 0.2) is 29.1 Å². The van der Waals surface area contributed by atoms with Gasteiger partial charge in [0.25, 0.3) is 0 Å². The van der Waals surface area contributed by atoms with Crippen LogP contribution in [0.5, 0.6) is 5.75 Å². The lowest BCUT2D eigenvalue weighted by molar-refractivity contribution is -2.00. The summed E-state index contributed by atoms with van der Waals surface area (Å²) in [7, 11) is -4.94. The fourth-order valence-corrected chi connectivity index (χ4v) is 1.79. The van der Waals surface area contributed by atoms with Crippen molar-refractivity contribution >= 4 is 17.4 Å². The van der Waals surface area contributed by atoms with Crippen molar-refractivity contribution in [1.82, 2.24) is 0 Å². The molecule has 0 saturated carbocycles. The Bertz CT molecular complexity index is 495. The molecule has 1 aromatic rings. The molecule has 0 radical (unpaired) electrons. The fourth-order valence-electron chi connectivity index (χ4n) is 1.64. The number of anilines is 1. The van der Waals surface area contributed by atoms with Crippen LogP contribution in [0.3, 0.4) is 0 Å². The molecule has 19 heavy (non-hydrogen) atoms. The number of allylic oxidation sites excluding steroid dienone is 2. The molecule has 1 aromatic heterocycles. The molecule has 0 fully saturated rings. The number of aromatic hydroxyl groups is 1. The summed E-state index contributed by atoms with van der Waals surface area (Å²) in [5.41, 5.74) is 0.890. The van der Waals surface area contributed by atoms with Crippen LogP contribution in [-0.4, -0.2) is 5.11 Å². The number of hydrogen-bond donors (Lipinski definition) is 2. The molecule has 2 N–H and O–H groups in total. The molecule has 0 aromatic carbocycles. The maximum atomic E-state index is 9.63. The zero-order chi connectivity index (χ0) is 14.8. The molecule has 9 heteroatoms. The van der Waals surface area contributed by atoms with Gasteiger partial charge in [-0.25, -0.2) is 28.5 Å². The van der Waals surface area contributed by atoms with E-state index in [0.717, 1.165) is 10.7 Å². The number of rotatable bonds is 0. The molecule has 1 aliphatic rings. The third-order valence-electron chi connectivity index (χ3n) is 2.45. The molecule has 2 heterocycles. The van der Waals surface area contributed by atoms with Gasteiger partial charge in [0.2, 0.25) is 5.75 Å². The molecular weight excluding hydrogens is 299 g/mol. The molecule has 1 unspecified atom stereocenters. The summed E-state index contributed by atoms with van der Waals surface area (Å²) in [5, 5.41) is 13.5. The minimum atomic E-state index is -4.94. The molecule has 106 valence electrons. The SMILES string of the molecule is CC1=C(Cl)C(C)[n+]2cccc(O)c2N1.[O-][Cl+3]([O-])([O-])[O-]. The lowest BCUT2D eigenvalue weighted by atomic mass is 10.2.